The van der Waals surface area contributed by atoms with Crippen LogP contribution in [0.2, 0.25) is 0 Å². The van der Waals surface area contributed by atoms with Crippen molar-refractivity contribution in [1.82, 2.24) is 4.90 Å². The number of carbonyl (C=O) groups is 1. The molecule has 1 aliphatic heterocycles. The number of benzene rings is 2. The van der Waals surface area contributed by atoms with Crippen LogP contribution >= 0.6 is 11.3 Å². The number of rotatable bonds is 4. The van der Waals surface area contributed by atoms with Gasteiger partial charge in [0.1, 0.15) is 5.82 Å². The lowest BCUT2D eigenvalue weighted by molar-refractivity contribution is 0.103. The number of nitrogens with zero attached hydrogens (tertiary/aromatic N) is 2. The SMILES string of the molecule is CCN1CCN(c2ccccc2NC(=O)c2sc3cccc(F)c3c2C)CC1. The molecule has 1 aliphatic rings. The Labute approximate surface area is 168 Å². The molecule has 28 heavy (non-hydrogen) atoms. The molecule has 2 aromatic carbocycles. The summed E-state index contributed by atoms with van der Waals surface area (Å²) in [6, 6.07) is 12.9. The third-order valence-electron chi connectivity index (χ3n) is 5.42. The maximum absolute atomic E-state index is 14.2. The Morgan fingerprint density at radius 3 is 2.57 bits per heavy atom. The van der Waals surface area contributed by atoms with Crippen LogP contribution in [-0.2, 0) is 0 Å². The number of likely N-dealkylation sites (N-methyl/N-ethyl adjacent to an activating group) is 1. The van der Waals surface area contributed by atoms with Gasteiger partial charge in [0.2, 0.25) is 0 Å². The molecule has 0 aliphatic carbocycles. The normalized spacial score (nSPS) is 15.2. The molecule has 0 atom stereocenters. The Hall–Kier alpha value is -2.44. The van der Waals surface area contributed by atoms with Crippen LogP contribution in [0, 0.1) is 12.7 Å². The highest BCUT2D eigenvalue weighted by Gasteiger charge is 2.21. The number of fused-ring (bicyclic) bond motifs is 1. The van der Waals surface area contributed by atoms with E-state index in [2.05, 4.69) is 28.1 Å². The molecule has 146 valence electrons. The summed E-state index contributed by atoms with van der Waals surface area (Å²) in [6.45, 7) is 8.98. The molecule has 1 N–H and O–H groups in total. The van der Waals surface area contributed by atoms with E-state index in [0.717, 1.165) is 48.8 Å². The van der Waals surface area contributed by atoms with Gasteiger partial charge in [-0.3, -0.25) is 4.79 Å². The van der Waals surface area contributed by atoms with E-state index in [4.69, 9.17) is 0 Å². The summed E-state index contributed by atoms with van der Waals surface area (Å²) in [5.74, 6) is -0.461. The zero-order valence-electron chi connectivity index (χ0n) is 16.2. The molecule has 1 saturated heterocycles. The molecule has 0 spiro atoms. The number of halogens is 1. The predicted octanol–water partition coefficient (Wildman–Crippen LogP) is 4.74. The van der Waals surface area contributed by atoms with Crippen LogP contribution in [0.15, 0.2) is 42.5 Å². The molecule has 4 nitrogen and oxygen atoms in total. The highest BCUT2D eigenvalue weighted by atomic mass is 32.1. The van der Waals surface area contributed by atoms with Crippen molar-refractivity contribution in [1.29, 1.82) is 0 Å². The van der Waals surface area contributed by atoms with E-state index in [1.807, 2.05) is 31.2 Å². The number of nitrogens with one attached hydrogen (secondary N) is 1. The molecule has 0 radical (unpaired) electrons. The molecular weight excluding hydrogens is 373 g/mol. The number of piperazine rings is 1. The molecule has 1 fully saturated rings. The van der Waals surface area contributed by atoms with E-state index in [1.165, 1.54) is 17.4 Å². The maximum atomic E-state index is 14.2. The number of hydrogen-bond donors (Lipinski definition) is 1. The first-order valence-corrected chi connectivity index (χ1v) is 10.5. The standard InChI is InChI=1S/C22H24FN3OS/c1-3-25-11-13-26(14-12-25)18-9-5-4-8-17(18)24-22(27)21-15(2)20-16(23)7-6-10-19(20)28-21/h4-10H,3,11-14H2,1-2H3,(H,24,27). The number of thiophene rings is 1. The van der Waals surface area contributed by atoms with Gasteiger partial charge >= 0.3 is 0 Å². The van der Waals surface area contributed by atoms with E-state index >= 15 is 0 Å². The summed E-state index contributed by atoms with van der Waals surface area (Å²) in [5, 5.41) is 3.61. The lowest BCUT2D eigenvalue weighted by Crippen LogP contribution is -2.46. The van der Waals surface area contributed by atoms with Crippen molar-refractivity contribution >= 4 is 38.7 Å². The summed E-state index contributed by atoms with van der Waals surface area (Å²) >= 11 is 1.34. The van der Waals surface area contributed by atoms with Gasteiger partial charge in [-0.1, -0.05) is 25.1 Å². The van der Waals surface area contributed by atoms with Crippen LogP contribution in [-0.4, -0.2) is 43.5 Å². The minimum atomic E-state index is -0.278. The van der Waals surface area contributed by atoms with Gasteiger partial charge in [-0.05, 0) is 43.3 Å². The predicted molar refractivity (Wildman–Crippen MR) is 115 cm³/mol. The van der Waals surface area contributed by atoms with Gasteiger partial charge in [-0.15, -0.1) is 11.3 Å². The number of amides is 1. The number of anilines is 2. The molecule has 2 heterocycles. The van der Waals surface area contributed by atoms with Crippen LogP contribution in [0.3, 0.4) is 0 Å². The van der Waals surface area contributed by atoms with E-state index in [1.54, 1.807) is 6.07 Å². The lowest BCUT2D eigenvalue weighted by atomic mass is 10.1. The molecular formula is C22H24FN3OS. The zero-order valence-corrected chi connectivity index (χ0v) is 17.0. The van der Waals surface area contributed by atoms with Crippen molar-refractivity contribution in [2.45, 2.75) is 13.8 Å². The monoisotopic (exact) mass is 397 g/mol. The second-order valence-corrected chi connectivity index (χ2v) is 8.11. The molecule has 1 aromatic heterocycles. The highest BCUT2D eigenvalue weighted by molar-refractivity contribution is 7.21. The van der Waals surface area contributed by atoms with Crippen molar-refractivity contribution in [3.63, 3.8) is 0 Å². The highest BCUT2D eigenvalue weighted by Crippen LogP contribution is 2.34. The Morgan fingerprint density at radius 2 is 1.86 bits per heavy atom. The van der Waals surface area contributed by atoms with Crippen LogP contribution in [0.4, 0.5) is 15.8 Å². The maximum Gasteiger partial charge on any atom is 0.266 e. The second kappa shape index (κ2) is 7.89. The smallest absolute Gasteiger partial charge is 0.266 e. The Bertz CT molecular complexity index is 1010. The lowest BCUT2D eigenvalue weighted by Gasteiger charge is -2.36. The third-order valence-corrected chi connectivity index (χ3v) is 6.68. The molecule has 6 heteroatoms. The van der Waals surface area contributed by atoms with Crippen molar-refractivity contribution in [2.24, 2.45) is 0 Å². The minimum absolute atomic E-state index is 0.183. The molecule has 0 bridgehead atoms. The van der Waals surface area contributed by atoms with Gasteiger partial charge in [0, 0.05) is 36.3 Å². The first kappa shape index (κ1) is 18.9. The van der Waals surface area contributed by atoms with Crippen molar-refractivity contribution in [2.75, 3.05) is 42.9 Å². The summed E-state index contributed by atoms with van der Waals surface area (Å²) in [4.78, 5) is 18.3. The average molecular weight is 398 g/mol. The first-order chi connectivity index (χ1) is 13.6. The van der Waals surface area contributed by atoms with Gasteiger partial charge in [0.25, 0.3) is 5.91 Å². The minimum Gasteiger partial charge on any atom is -0.367 e. The fraction of sp³-hybridized carbons (Fsp3) is 0.318. The molecule has 0 saturated carbocycles. The van der Waals surface area contributed by atoms with Gasteiger partial charge in [0.05, 0.1) is 16.3 Å². The molecule has 4 rings (SSSR count). The Balaban J connectivity index is 1.59. The van der Waals surface area contributed by atoms with Crippen LogP contribution in [0.1, 0.15) is 22.2 Å². The van der Waals surface area contributed by atoms with E-state index in [9.17, 15) is 9.18 Å². The van der Waals surface area contributed by atoms with E-state index in [0.29, 0.717) is 15.8 Å². The van der Waals surface area contributed by atoms with Gasteiger partial charge in [0.15, 0.2) is 0 Å². The Kier molecular flexibility index (Phi) is 5.33. The average Bonchev–Trinajstić information content (AvgIpc) is 3.06. The third kappa shape index (κ3) is 3.50. The van der Waals surface area contributed by atoms with Crippen LogP contribution < -0.4 is 10.2 Å². The van der Waals surface area contributed by atoms with Crippen molar-refractivity contribution in [3.8, 4) is 0 Å². The summed E-state index contributed by atoms with van der Waals surface area (Å²) in [7, 11) is 0. The van der Waals surface area contributed by atoms with E-state index < -0.39 is 0 Å². The topological polar surface area (TPSA) is 35.6 Å². The second-order valence-electron chi connectivity index (χ2n) is 7.06. The molecule has 0 unspecified atom stereocenters. The molecule has 3 aromatic rings. The molecule has 1 amide bonds. The summed E-state index contributed by atoms with van der Waals surface area (Å²) in [5.41, 5.74) is 2.54. The number of aryl methyl sites for hydroxylation is 1. The van der Waals surface area contributed by atoms with E-state index in [-0.39, 0.29) is 11.7 Å². The Morgan fingerprint density at radius 1 is 1.11 bits per heavy atom. The number of carbonyl (C=O) groups excluding carboxylic acids is 1. The summed E-state index contributed by atoms with van der Waals surface area (Å²) in [6.07, 6.45) is 0. The number of para-hydroxylation sites is 2. The van der Waals surface area contributed by atoms with Gasteiger partial charge in [-0.2, -0.15) is 0 Å². The fourth-order valence-corrected chi connectivity index (χ4v) is 4.93. The van der Waals surface area contributed by atoms with Gasteiger partial charge < -0.3 is 15.1 Å². The largest absolute Gasteiger partial charge is 0.367 e. The zero-order chi connectivity index (χ0) is 19.7. The quantitative estimate of drug-likeness (QED) is 0.691. The first-order valence-electron chi connectivity index (χ1n) is 9.63. The van der Waals surface area contributed by atoms with Crippen molar-refractivity contribution in [3.05, 3.63) is 58.7 Å². The fourth-order valence-electron chi connectivity index (χ4n) is 3.81. The number of hydrogen-bond acceptors (Lipinski definition) is 4. The van der Waals surface area contributed by atoms with Crippen molar-refractivity contribution < 1.29 is 9.18 Å². The van der Waals surface area contributed by atoms with Crippen LogP contribution in [0.25, 0.3) is 10.1 Å². The van der Waals surface area contributed by atoms with Gasteiger partial charge in [-0.25, -0.2) is 4.39 Å². The summed E-state index contributed by atoms with van der Waals surface area (Å²) < 4.78 is 15.0. The van der Waals surface area contributed by atoms with Crippen LogP contribution in [0.5, 0.6) is 0 Å².